The number of carbonyl (C=O) groups excluding carboxylic acids is 2. The number of methoxy groups -OCH3 is 1. The van der Waals surface area contributed by atoms with Crippen LogP contribution in [0.2, 0.25) is 5.04 Å². The van der Waals surface area contributed by atoms with Crippen molar-refractivity contribution in [3.63, 3.8) is 0 Å². The van der Waals surface area contributed by atoms with E-state index < -0.39 is 8.32 Å². The summed E-state index contributed by atoms with van der Waals surface area (Å²) in [5.74, 6) is -0.334. The summed E-state index contributed by atoms with van der Waals surface area (Å²) in [6.07, 6.45) is 2.95. The lowest BCUT2D eigenvalue weighted by molar-refractivity contribution is -0.139. The van der Waals surface area contributed by atoms with Crippen LogP contribution in [0.15, 0.2) is 72.3 Å². The Morgan fingerprint density at radius 1 is 0.931 bits per heavy atom. The highest BCUT2D eigenvalue weighted by molar-refractivity contribution is 6.99. The summed E-state index contributed by atoms with van der Waals surface area (Å²) in [6.45, 7) is 6.91. The number of rotatable bonds is 9. The highest BCUT2D eigenvalue weighted by Gasteiger charge is 2.50. The molecule has 0 atom stereocenters. The smallest absolute Gasteiger partial charge is 0.309 e. The predicted octanol–water partition coefficient (Wildman–Crippen LogP) is 3.64. The predicted molar refractivity (Wildman–Crippen MR) is 119 cm³/mol. The highest BCUT2D eigenvalue weighted by atomic mass is 28.4. The van der Waals surface area contributed by atoms with E-state index in [-0.39, 0.29) is 23.8 Å². The van der Waals surface area contributed by atoms with Crippen molar-refractivity contribution in [2.75, 3.05) is 13.7 Å². The molecule has 0 aliphatic carbocycles. The molecule has 0 spiro atoms. The number of ether oxygens (including phenoxy) is 1. The van der Waals surface area contributed by atoms with Gasteiger partial charge in [0.1, 0.15) is 6.29 Å². The Hall–Kier alpha value is -2.50. The summed E-state index contributed by atoms with van der Waals surface area (Å²) in [7, 11) is -1.32. The normalized spacial score (nSPS) is 12.5. The van der Waals surface area contributed by atoms with Crippen molar-refractivity contribution in [2.24, 2.45) is 0 Å². The Balaban J connectivity index is 2.50. The molecule has 0 N–H and O–H groups in total. The third-order valence-corrected chi connectivity index (χ3v) is 10.0. The molecule has 0 fully saturated rings. The fourth-order valence-corrected chi connectivity index (χ4v) is 8.14. The molecule has 0 aromatic heterocycles. The minimum atomic E-state index is -2.68. The van der Waals surface area contributed by atoms with E-state index in [9.17, 15) is 9.59 Å². The molecule has 0 aliphatic heterocycles. The fourth-order valence-electron chi connectivity index (χ4n) is 3.58. The molecule has 2 rings (SSSR count). The second kappa shape index (κ2) is 10.3. The van der Waals surface area contributed by atoms with Gasteiger partial charge < -0.3 is 14.0 Å². The van der Waals surface area contributed by atoms with Crippen LogP contribution in [0.5, 0.6) is 0 Å². The zero-order chi connectivity index (χ0) is 21.3. The van der Waals surface area contributed by atoms with Gasteiger partial charge in [-0.25, -0.2) is 0 Å². The third-order valence-electron chi connectivity index (χ3n) is 5.02. The first-order valence-corrected chi connectivity index (χ1v) is 11.7. The van der Waals surface area contributed by atoms with Crippen molar-refractivity contribution in [3.8, 4) is 0 Å². The van der Waals surface area contributed by atoms with Crippen LogP contribution >= 0.6 is 0 Å². The Morgan fingerprint density at radius 3 is 1.86 bits per heavy atom. The van der Waals surface area contributed by atoms with Crippen molar-refractivity contribution in [3.05, 3.63) is 72.3 Å². The van der Waals surface area contributed by atoms with Crippen molar-refractivity contribution in [1.29, 1.82) is 0 Å². The van der Waals surface area contributed by atoms with Crippen LogP contribution in [0.25, 0.3) is 0 Å². The van der Waals surface area contributed by atoms with Crippen LogP contribution in [0.3, 0.4) is 0 Å². The minimum absolute atomic E-state index is 0.129. The van der Waals surface area contributed by atoms with Crippen molar-refractivity contribution >= 4 is 30.9 Å². The highest BCUT2D eigenvalue weighted by Crippen LogP contribution is 2.37. The maximum Gasteiger partial charge on any atom is 0.309 e. The van der Waals surface area contributed by atoms with Gasteiger partial charge in [0.15, 0.2) is 0 Å². The maximum atomic E-state index is 11.5. The Kier molecular flexibility index (Phi) is 8.11. The van der Waals surface area contributed by atoms with Gasteiger partial charge in [0.25, 0.3) is 8.32 Å². The van der Waals surface area contributed by atoms with Crippen LogP contribution in [-0.2, 0) is 18.8 Å². The molecule has 29 heavy (non-hydrogen) atoms. The summed E-state index contributed by atoms with van der Waals surface area (Å²) in [5.41, 5.74) is 0.790. The van der Waals surface area contributed by atoms with Gasteiger partial charge in [0.05, 0.1) is 20.1 Å². The molecule has 0 aliphatic rings. The second-order valence-corrected chi connectivity index (χ2v) is 12.3. The van der Waals surface area contributed by atoms with Gasteiger partial charge in [-0.2, -0.15) is 0 Å². The van der Waals surface area contributed by atoms with Crippen molar-refractivity contribution < 1.29 is 18.8 Å². The van der Waals surface area contributed by atoms with E-state index in [1.807, 2.05) is 36.4 Å². The molecule has 0 unspecified atom stereocenters. The van der Waals surface area contributed by atoms with E-state index in [0.29, 0.717) is 6.61 Å². The van der Waals surface area contributed by atoms with E-state index in [1.54, 1.807) is 6.08 Å². The molecule has 0 saturated heterocycles. The number of hydrogen-bond donors (Lipinski definition) is 0. The van der Waals surface area contributed by atoms with Crippen molar-refractivity contribution in [2.45, 2.75) is 38.7 Å². The molecular formula is C24H30O4Si. The van der Waals surface area contributed by atoms with Crippen LogP contribution in [0.4, 0.5) is 0 Å². The molecule has 4 nitrogen and oxygen atoms in total. The van der Waals surface area contributed by atoms with Gasteiger partial charge in [0, 0.05) is 6.42 Å². The standard InChI is InChI=1S/C24H30O4Si/c1-24(2,3)29(21-11-7-5-8-12-21,22-13-9-6-10-14-22)28-19-20(17-18-25)15-16-23(26)27-4/h5-15,18H,16-17,19H2,1-4H3/b20-15+. The van der Waals surface area contributed by atoms with Gasteiger partial charge in [-0.05, 0) is 21.0 Å². The van der Waals surface area contributed by atoms with Crippen LogP contribution in [0.1, 0.15) is 33.6 Å². The first kappa shape index (κ1) is 22.8. The van der Waals surface area contributed by atoms with Gasteiger partial charge in [0.2, 0.25) is 0 Å². The summed E-state index contributed by atoms with van der Waals surface area (Å²) in [5, 5.41) is 2.21. The van der Waals surface area contributed by atoms with Crippen LogP contribution < -0.4 is 10.4 Å². The molecule has 0 bridgehead atoms. The second-order valence-electron chi connectivity index (χ2n) is 7.97. The first-order valence-electron chi connectivity index (χ1n) is 9.78. The molecule has 0 saturated carbocycles. The zero-order valence-electron chi connectivity index (χ0n) is 17.7. The SMILES string of the molecule is COC(=O)C/C=C(\CC=O)CO[Si](c1ccccc1)(c1ccccc1)C(C)(C)C. The lowest BCUT2D eigenvalue weighted by atomic mass is 10.2. The molecule has 2 aromatic rings. The van der Waals surface area contributed by atoms with Gasteiger partial charge in [-0.3, -0.25) is 4.79 Å². The summed E-state index contributed by atoms with van der Waals surface area (Å²) < 4.78 is 11.5. The lowest BCUT2D eigenvalue weighted by Gasteiger charge is -2.43. The summed E-state index contributed by atoms with van der Waals surface area (Å²) >= 11 is 0. The number of carbonyl (C=O) groups is 2. The van der Waals surface area contributed by atoms with E-state index in [1.165, 1.54) is 17.5 Å². The van der Waals surface area contributed by atoms with E-state index >= 15 is 0 Å². The molecule has 154 valence electrons. The zero-order valence-corrected chi connectivity index (χ0v) is 18.7. The lowest BCUT2D eigenvalue weighted by Crippen LogP contribution is -2.66. The van der Waals surface area contributed by atoms with Crippen LogP contribution in [0, 0.1) is 0 Å². The van der Waals surface area contributed by atoms with E-state index in [4.69, 9.17) is 9.16 Å². The Morgan fingerprint density at radius 2 is 1.45 bits per heavy atom. The summed E-state index contributed by atoms with van der Waals surface area (Å²) in [6, 6.07) is 20.7. The van der Waals surface area contributed by atoms with Gasteiger partial charge in [-0.1, -0.05) is 87.5 Å². The topological polar surface area (TPSA) is 52.6 Å². The molecular weight excluding hydrogens is 380 g/mol. The van der Waals surface area contributed by atoms with Crippen LogP contribution in [-0.4, -0.2) is 34.3 Å². The number of hydrogen-bond acceptors (Lipinski definition) is 4. The van der Waals surface area contributed by atoms with Crippen molar-refractivity contribution in [1.82, 2.24) is 0 Å². The molecule has 0 radical (unpaired) electrons. The van der Waals surface area contributed by atoms with E-state index in [0.717, 1.165) is 11.9 Å². The number of aldehydes is 1. The average Bonchev–Trinajstić information content (AvgIpc) is 2.72. The molecule has 0 amide bonds. The fraction of sp³-hybridized carbons (Fsp3) is 0.333. The first-order chi connectivity index (χ1) is 13.8. The molecule has 2 aromatic carbocycles. The summed E-state index contributed by atoms with van der Waals surface area (Å²) in [4.78, 5) is 22.7. The number of esters is 1. The van der Waals surface area contributed by atoms with Gasteiger partial charge in [-0.15, -0.1) is 0 Å². The molecule has 0 heterocycles. The Bertz CT molecular complexity index is 783. The number of benzene rings is 2. The maximum absolute atomic E-state index is 11.5. The van der Waals surface area contributed by atoms with E-state index in [2.05, 4.69) is 45.0 Å². The quantitative estimate of drug-likeness (QED) is 0.274. The minimum Gasteiger partial charge on any atom is -0.469 e. The Labute approximate surface area is 174 Å². The van der Waals surface area contributed by atoms with Gasteiger partial charge >= 0.3 is 5.97 Å². The largest absolute Gasteiger partial charge is 0.469 e. The molecule has 5 heteroatoms. The monoisotopic (exact) mass is 410 g/mol. The average molecular weight is 411 g/mol. The third kappa shape index (κ3) is 5.52.